The van der Waals surface area contributed by atoms with Gasteiger partial charge < -0.3 is 14.8 Å². The number of hydrogen-bond donors (Lipinski definition) is 1. The van der Waals surface area contributed by atoms with Crippen molar-refractivity contribution in [3.05, 3.63) is 23.8 Å². The van der Waals surface area contributed by atoms with Crippen molar-refractivity contribution in [1.29, 1.82) is 0 Å². The minimum absolute atomic E-state index is 0.174. The zero-order valence-electron chi connectivity index (χ0n) is 10.1. The Morgan fingerprint density at radius 2 is 2.00 bits per heavy atom. The molecule has 0 radical (unpaired) electrons. The van der Waals surface area contributed by atoms with Crippen molar-refractivity contribution in [3.63, 3.8) is 0 Å². The monoisotopic (exact) mass is 239 g/mol. The minimum Gasteiger partial charge on any atom is -0.382 e. The Morgan fingerprint density at radius 3 is 2.65 bits per heavy atom. The lowest BCUT2D eigenvalue weighted by atomic mass is 10.4. The molecule has 1 N–H and O–H groups in total. The Kier molecular flexibility index (Phi) is 6.13. The lowest BCUT2D eigenvalue weighted by Crippen LogP contribution is -2.29. The minimum atomic E-state index is -0.291. The summed E-state index contributed by atoms with van der Waals surface area (Å²) in [5, 5.41) is 2.67. The largest absolute Gasteiger partial charge is 0.382 e. The number of hydrogen-bond acceptors (Lipinski definition) is 5. The number of aryl methyl sites for hydroxylation is 1. The van der Waals surface area contributed by atoms with Crippen LogP contribution in [0.5, 0.6) is 0 Å². The van der Waals surface area contributed by atoms with Gasteiger partial charge in [-0.2, -0.15) is 0 Å². The Bertz CT molecular complexity index is 340. The van der Waals surface area contributed by atoms with Crippen LogP contribution in [0.25, 0.3) is 0 Å². The van der Waals surface area contributed by atoms with E-state index in [-0.39, 0.29) is 11.7 Å². The third kappa shape index (κ3) is 5.37. The van der Waals surface area contributed by atoms with Crippen LogP contribution in [0.4, 0.5) is 0 Å². The first-order valence-electron chi connectivity index (χ1n) is 5.37. The van der Waals surface area contributed by atoms with Crippen molar-refractivity contribution in [2.24, 2.45) is 0 Å². The zero-order valence-corrected chi connectivity index (χ0v) is 10.1. The van der Waals surface area contributed by atoms with Crippen LogP contribution in [0.3, 0.4) is 0 Å². The van der Waals surface area contributed by atoms with E-state index < -0.39 is 0 Å². The molecule has 1 heterocycles. The summed E-state index contributed by atoms with van der Waals surface area (Å²) in [6.45, 7) is 3.81. The molecule has 0 aliphatic carbocycles. The highest BCUT2D eigenvalue weighted by molar-refractivity contribution is 5.90. The van der Waals surface area contributed by atoms with Gasteiger partial charge in [0.1, 0.15) is 0 Å². The Labute approximate surface area is 100 Å². The summed E-state index contributed by atoms with van der Waals surface area (Å²) in [7, 11) is 1.61. The smallest absolute Gasteiger partial charge is 0.289 e. The van der Waals surface area contributed by atoms with Crippen molar-refractivity contribution in [3.8, 4) is 0 Å². The van der Waals surface area contributed by atoms with Crippen molar-refractivity contribution in [2.75, 3.05) is 33.5 Å². The standard InChI is InChI=1S/C11H17N3O3/c1-9-7-13-10(14-8-9)11(15)12-3-4-17-6-5-16-2/h7-8H,3-6H2,1-2H3,(H,12,15). The van der Waals surface area contributed by atoms with Gasteiger partial charge in [-0.25, -0.2) is 9.97 Å². The van der Waals surface area contributed by atoms with Gasteiger partial charge in [0, 0.05) is 26.0 Å². The summed E-state index contributed by atoms with van der Waals surface area (Å²) in [5.74, 6) is -0.118. The SMILES string of the molecule is COCCOCCNC(=O)c1ncc(C)cn1. The number of nitrogens with one attached hydrogen (secondary N) is 1. The molecule has 0 bridgehead atoms. The van der Waals surface area contributed by atoms with Gasteiger partial charge in [-0.1, -0.05) is 0 Å². The van der Waals surface area contributed by atoms with Gasteiger partial charge in [-0.05, 0) is 12.5 Å². The molecule has 6 heteroatoms. The maximum atomic E-state index is 11.5. The van der Waals surface area contributed by atoms with Crippen LogP contribution in [0, 0.1) is 6.92 Å². The second-order valence-corrected chi connectivity index (χ2v) is 3.45. The predicted octanol–water partition coefficient (Wildman–Crippen LogP) is 0.178. The Balaban J connectivity index is 2.19. The van der Waals surface area contributed by atoms with Gasteiger partial charge in [0.15, 0.2) is 0 Å². The van der Waals surface area contributed by atoms with E-state index in [1.54, 1.807) is 19.5 Å². The first kappa shape index (κ1) is 13.5. The third-order valence-corrected chi connectivity index (χ3v) is 1.95. The highest BCUT2D eigenvalue weighted by Crippen LogP contribution is 1.92. The van der Waals surface area contributed by atoms with Gasteiger partial charge >= 0.3 is 0 Å². The van der Waals surface area contributed by atoms with Crippen LogP contribution in [0.15, 0.2) is 12.4 Å². The number of ether oxygens (including phenoxy) is 2. The molecule has 0 atom stereocenters. The first-order valence-corrected chi connectivity index (χ1v) is 5.37. The number of aromatic nitrogens is 2. The molecule has 94 valence electrons. The highest BCUT2D eigenvalue weighted by atomic mass is 16.5. The van der Waals surface area contributed by atoms with E-state index in [0.29, 0.717) is 26.4 Å². The van der Waals surface area contributed by atoms with E-state index in [2.05, 4.69) is 15.3 Å². The quantitative estimate of drug-likeness (QED) is 0.687. The van der Waals surface area contributed by atoms with Crippen LogP contribution in [0.2, 0.25) is 0 Å². The summed E-state index contributed by atoms with van der Waals surface area (Å²) >= 11 is 0. The van der Waals surface area contributed by atoms with E-state index in [0.717, 1.165) is 5.56 Å². The molecule has 1 amide bonds. The van der Waals surface area contributed by atoms with E-state index in [1.165, 1.54) is 0 Å². The Morgan fingerprint density at radius 1 is 1.29 bits per heavy atom. The topological polar surface area (TPSA) is 73.3 Å². The molecule has 1 aromatic rings. The number of amides is 1. The van der Waals surface area contributed by atoms with Gasteiger partial charge in [0.2, 0.25) is 5.82 Å². The zero-order chi connectivity index (χ0) is 12.5. The lowest BCUT2D eigenvalue weighted by molar-refractivity contribution is 0.0690. The lowest BCUT2D eigenvalue weighted by Gasteiger charge is -2.05. The van der Waals surface area contributed by atoms with E-state index in [9.17, 15) is 4.79 Å². The van der Waals surface area contributed by atoms with Crippen molar-refractivity contribution in [1.82, 2.24) is 15.3 Å². The van der Waals surface area contributed by atoms with Crippen molar-refractivity contribution < 1.29 is 14.3 Å². The van der Waals surface area contributed by atoms with Crippen LogP contribution >= 0.6 is 0 Å². The van der Waals surface area contributed by atoms with Gasteiger partial charge in [0.05, 0.1) is 19.8 Å². The molecule has 6 nitrogen and oxygen atoms in total. The predicted molar refractivity (Wildman–Crippen MR) is 61.8 cm³/mol. The molecule has 0 aliphatic heterocycles. The Hall–Kier alpha value is -1.53. The normalized spacial score (nSPS) is 10.2. The molecule has 0 saturated carbocycles. The molecule has 1 aromatic heterocycles. The molecular weight excluding hydrogens is 222 g/mol. The number of carbonyl (C=O) groups is 1. The highest BCUT2D eigenvalue weighted by Gasteiger charge is 2.06. The molecule has 0 unspecified atom stereocenters. The second kappa shape index (κ2) is 7.70. The maximum Gasteiger partial charge on any atom is 0.289 e. The first-order chi connectivity index (χ1) is 8.24. The van der Waals surface area contributed by atoms with Gasteiger partial charge in [-0.3, -0.25) is 4.79 Å². The van der Waals surface area contributed by atoms with Gasteiger partial charge in [0.25, 0.3) is 5.91 Å². The van der Waals surface area contributed by atoms with Gasteiger partial charge in [-0.15, -0.1) is 0 Å². The van der Waals surface area contributed by atoms with Crippen LogP contribution in [-0.4, -0.2) is 49.4 Å². The molecule has 0 aromatic carbocycles. The molecule has 1 rings (SSSR count). The summed E-state index contributed by atoms with van der Waals surface area (Å²) in [4.78, 5) is 19.4. The maximum absolute atomic E-state index is 11.5. The fourth-order valence-corrected chi connectivity index (χ4v) is 1.07. The fourth-order valence-electron chi connectivity index (χ4n) is 1.07. The van der Waals surface area contributed by atoms with E-state index in [1.807, 2.05) is 6.92 Å². The molecule has 0 spiro atoms. The van der Waals surface area contributed by atoms with E-state index >= 15 is 0 Å². The number of carbonyl (C=O) groups excluding carboxylic acids is 1. The van der Waals surface area contributed by atoms with Crippen molar-refractivity contribution >= 4 is 5.91 Å². The molecule has 0 saturated heterocycles. The average Bonchev–Trinajstić information content (AvgIpc) is 2.34. The summed E-state index contributed by atoms with van der Waals surface area (Å²) < 4.78 is 10.0. The number of nitrogens with zero attached hydrogens (tertiary/aromatic N) is 2. The van der Waals surface area contributed by atoms with Crippen LogP contribution < -0.4 is 5.32 Å². The fraction of sp³-hybridized carbons (Fsp3) is 0.545. The average molecular weight is 239 g/mol. The summed E-state index contributed by atoms with van der Waals surface area (Å²) in [6, 6.07) is 0. The summed E-state index contributed by atoms with van der Waals surface area (Å²) in [6.07, 6.45) is 3.22. The second-order valence-electron chi connectivity index (χ2n) is 3.45. The van der Waals surface area contributed by atoms with E-state index in [4.69, 9.17) is 9.47 Å². The van der Waals surface area contributed by atoms with Crippen molar-refractivity contribution in [2.45, 2.75) is 6.92 Å². The molecule has 17 heavy (non-hydrogen) atoms. The number of rotatable bonds is 7. The number of methoxy groups -OCH3 is 1. The van der Waals surface area contributed by atoms with Crippen LogP contribution in [-0.2, 0) is 9.47 Å². The summed E-state index contributed by atoms with van der Waals surface area (Å²) in [5.41, 5.74) is 0.921. The molecular formula is C11H17N3O3. The molecule has 0 aliphatic rings. The molecule has 0 fully saturated rings. The van der Waals surface area contributed by atoms with Crippen LogP contribution in [0.1, 0.15) is 16.2 Å². The third-order valence-electron chi connectivity index (χ3n) is 1.95.